The maximum atomic E-state index is 11.8. The Morgan fingerprint density at radius 1 is 1.35 bits per heavy atom. The molecule has 1 saturated heterocycles. The maximum absolute atomic E-state index is 11.8. The summed E-state index contributed by atoms with van der Waals surface area (Å²) >= 11 is 0. The van der Waals surface area contributed by atoms with Crippen molar-refractivity contribution in [3.05, 3.63) is 0 Å². The summed E-state index contributed by atoms with van der Waals surface area (Å²) < 4.78 is 0. The van der Waals surface area contributed by atoms with E-state index in [-0.39, 0.29) is 12.6 Å². The van der Waals surface area contributed by atoms with Crippen molar-refractivity contribution in [3.8, 4) is 0 Å². The van der Waals surface area contributed by atoms with Crippen LogP contribution < -0.4 is 0 Å². The van der Waals surface area contributed by atoms with Crippen molar-refractivity contribution in [3.63, 3.8) is 0 Å². The predicted octanol–water partition coefficient (Wildman–Crippen LogP) is 0.149. The van der Waals surface area contributed by atoms with Crippen LogP contribution in [0.1, 0.15) is 12.8 Å². The third kappa shape index (κ3) is 3.89. The summed E-state index contributed by atoms with van der Waals surface area (Å²) in [5.41, 5.74) is 0. The fraction of sp³-hybridized carbons (Fsp3) is 0.818. The third-order valence-corrected chi connectivity index (χ3v) is 3.18. The number of aliphatic carboxylic acids is 1. The topological polar surface area (TPSA) is 64.1 Å². The number of carbonyl (C=O) groups is 2. The highest BCUT2D eigenvalue weighted by molar-refractivity contribution is 5.79. The number of likely N-dealkylation sites (tertiary alicyclic amines) is 1. The molecule has 1 N–H and O–H groups in total. The second kappa shape index (κ2) is 5.86. The zero-order valence-corrected chi connectivity index (χ0v) is 10.7. The van der Waals surface area contributed by atoms with Crippen LogP contribution in [0.5, 0.6) is 0 Å². The number of nitrogens with zero attached hydrogens (tertiary/aromatic N) is 3. The van der Waals surface area contributed by atoms with Gasteiger partial charge in [-0.3, -0.25) is 4.79 Å². The van der Waals surface area contributed by atoms with E-state index in [0.717, 1.165) is 19.4 Å². The minimum atomic E-state index is -0.993. The molecule has 0 spiro atoms. The fourth-order valence-corrected chi connectivity index (χ4v) is 2.17. The first kappa shape index (κ1) is 13.8. The second-order valence-electron chi connectivity index (χ2n) is 4.69. The average molecular weight is 243 g/mol. The number of rotatable bonds is 4. The molecule has 0 aromatic heterocycles. The van der Waals surface area contributed by atoms with Crippen molar-refractivity contribution in [2.24, 2.45) is 0 Å². The van der Waals surface area contributed by atoms with Crippen LogP contribution in [0.2, 0.25) is 0 Å². The van der Waals surface area contributed by atoms with Crippen LogP contribution in [0.4, 0.5) is 4.79 Å². The van der Waals surface area contributed by atoms with E-state index in [2.05, 4.69) is 11.9 Å². The number of carboxylic acid groups (broad SMARTS) is 1. The van der Waals surface area contributed by atoms with Gasteiger partial charge in [0.05, 0.1) is 0 Å². The van der Waals surface area contributed by atoms with Gasteiger partial charge in [0, 0.05) is 26.7 Å². The van der Waals surface area contributed by atoms with E-state index in [4.69, 9.17) is 5.11 Å². The van der Waals surface area contributed by atoms with Crippen LogP contribution in [0.25, 0.3) is 0 Å². The number of urea groups is 1. The highest BCUT2D eigenvalue weighted by Crippen LogP contribution is 2.15. The third-order valence-electron chi connectivity index (χ3n) is 3.18. The van der Waals surface area contributed by atoms with Gasteiger partial charge in [-0.1, -0.05) is 0 Å². The number of hydrogen-bond acceptors (Lipinski definition) is 3. The SMILES string of the molecule is CN(CC(=O)O)C(=O)N(C)CC1CCCN1C. The molecule has 0 aromatic carbocycles. The smallest absolute Gasteiger partial charge is 0.323 e. The minimum Gasteiger partial charge on any atom is -0.480 e. The monoisotopic (exact) mass is 243 g/mol. The molecule has 1 rings (SSSR count). The summed E-state index contributed by atoms with van der Waals surface area (Å²) in [5.74, 6) is -0.993. The van der Waals surface area contributed by atoms with Gasteiger partial charge in [0.1, 0.15) is 6.54 Å². The molecule has 1 aliphatic rings. The molecule has 0 aliphatic carbocycles. The maximum Gasteiger partial charge on any atom is 0.323 e. The molecular formula is C11H21N3O3. The molecule has 1 atom stereocenters. The van der Waals surface area contributed by atoms with Gasteiger partial charge in [0.15, 0.2) is 0 Å². The van der Waals surface area contributed by atoms with Gasteiger partial charge in [0.25, 0.3) is 0 Å². The van der Waals surface area contributed by atoms with E-state index in [9.17, 15) is 9.59 Å². The molecule has 0 radical (unpaired) electrons. The van der Waals surface area contributed by atoms with Crippen molar-refractivity contribution in [1.29, 1.82) is 0 Å². The molecule has 2 amide bonds. The molecule has 17 heavy (non-hydrogen) atoms. The Hall–Kier alpha value is -1.30. The Balaban J connectivity index is 2.43. The lowest BCUT2D eigenvalue weighted by Gasteiger charge is -2.28. The first-order chi connectivity index (χ1) is 7.91. The van der Waals surface area contributed by atoms with Gasteiger partial charge in [-0.15, -0.1) is 0 Å². The van der Waals surface area contributed by atoms with Crippen molar-refractivity contribution in [2.45, 2.75) is 18.9 Å². The van der Waals surface area contributed by atoms with Gasteiger partial charge < -0.3 is 19.8 Å². The molecule has 6 nitrogen and oxygen atoms in total. The van der Waals surface area contributed by atoms with Gasteiger partial charge >= 0.3 is 12.0 Å². The molecule has 0 saturated carbocycles. The predicted molar refractivity (Wildman–Crippen MR) is 63.9 cm³/mol. The van der Waals surface area contributed by atoms with Crippen molar-refractivity contribution < 1.29 is 14.7 Å². The lowest BCUT2D eigenvalue weighted by atomic mass is 10.2. The summed E-state index contributed by atoms with van der Waals surface area (Å²) in [6.45, 7) is 1.46. The standard InChI is InChI=1S/C11H21N3O3/c1-12-6-4-5-9(12)7-13(2)11(17)14(3)8-10(15)16/h9H,4-8H2,1-3H3,(H,15,16). The van der Waals surface area contributed by atoms with Gasteiger partial charge in [-0.2, -0.15) is 0 Å². The van der Waals surface area contributed by atoms with Crippen molar-refractivity contribution >= 4 is 12.0 Å². The van der Waals surface area contributed by atoms with Crippen LogP contribution in [-0.4, -0.2) is 78.6 Å². The Morgan fingerprint density at radius 3 is 2.47 bits per heavy atom. The summed E-state index contributed by atoms with van der Waals surface area (Å²) in [7, 11) is 5.27. The molecule has 0 aromatic rings. The lowest BCUT2D eigenvalue weighted by Crippen LogP contribution is -2.46. The Kier molecular flexibility index (Phi) is 4.74. The highest BCUT2D eigenvalue weighted by atomic mass is 16.4. The molecule has 0 bridgehead atoms. The van der Waals surface area contributed by atoms with Gasteiger partial charge in [0.2, 0.25) is 0 Å². The number of likely N-dealkylation sites (N-methyl/N-ethyl adjacent to an activating group) is 3. The quantitative estimate of drug-likeness (QED) is 0.763. The molecule has 1 aliphatic heterocycles. The normalized spacial score (nSPS) is 20.3. The summed E-state index contributed by atoms with van der Waals surface area (Å²) in [4.78, 5) is 27.4. The molecular weight excluding hydrogens is 222 g/mol. The van der Waals surface area contributed by atoms with Crippen LogP contribution in [0.3, 0.4) is 0 Å². The average Bonchev–Trinajstić information content (AvgIpc) is 2.62. The van der Waals surface area contributed by atoms with E-state index in [1.165, 1.54) is 11.9 Å². The zero-order valence-electron chi connectivity index (χ0n) is 10.7. The molecule has 98 valence electrons. The van der Waals surface area contributed by atoms with E-state index < -0.39 is 5.97 Å². The van der Waals surface area contributed by atoms with E-state index in [1.807, 2.05) is 0 Å². The minimum absolute atomic E-state index is 0.243. The second-order valence-corrected chi connectivity index (χ2v) is 4.69. The lowest BCUT2D eigenvalue weighted by molar-refractivity contribution is -0.137. The van der Waals surface area contributed by atoms with E-state index >= 15 is 0 Å². The van der Waals surface area contributed by atoms with Gasteiger partial charge in [-0.05, 0) is 26.4 Å². The largest absolute Gasteiger partial charge is 0.480 e. The summed E-state index contributed by atoms with van der Waals surface area (Å²) in [6, 6.07) is 0.148. The number of carbonyl (C=O) groups excluding carboxylic acids is 1. The first-order valence-electron chi connectivity index (χ1n) is 5.80. The van der Waals surface area contributed by atoms with Crippen molar-refractivity contribution in [1.82, 2.24) is 14.7 Å². The highest BCUT2D eigenvalue weighted by Gasteiger charge is 2.25. The van der Waals surface area contributed by atoms with Crippen LogP contribution in [0, 0.1) is 0 Å². The Morgan fingerprint density at radius 2 is 2.00 bits per heavy atom. The van der Waals surface area contributed by atoms with Crippen LogP contribution in [0.15, 0.2) is 0 Å². The van der Waals surface area contributed by atoms with E-state index in [0.29, 0.717) is 12.6 Å². The molecule has 1 unspecified atom stereocenters. The molecule has 6 heteroatoms. The number of carboxylic acids is 1. The Labute approximate surface area is 102 Å². The fourth-order valence-electron chi connectivity index (χ4n) is 2.17. The zero-order chi connectivity index (χ0) is 13.0. The van der Waals surface area contributed by atoms with E-state index in [1.54, 1.807) is 11.9 Å². The summed E-state index contributed by atoms with van der Waals surface area (Å²) in [5, 5.41) is 8.62. The van der Waals surface area contributed by atoms with Crippen LogP contribution >= 0.6 is 0 Å². The summed E-state index contributed by atoms with van der Waals surface area (Å²) in [6.07, 6.45) is 2.25. The number of hydrogen-bond donors (Lipinski definition) is 1. The van der Waals surface area contributed by atoms with Gasteiger partial charge in [-0.25, -0.2) is 4.79 Å². The number of amides is 2. The van der Waals surface area contributed by atoms with Crippen LogP contribution in [-0.2, 0) is 4.79 Å². The Bertz CT molecular complexity index is 296. The molecule has 1 fully saturated rings. The molecule has 1 heterocycles. The first-order valence-corrected chi connectivity index (χ1v) is 5.80. The van der Waals surface area contributed by atoms with Crippen molar-refractivity contribution in [2.75, 3.05) is 40.8 Å².